The summed E-state index contributed by atoms with van der Waals surface area (Å²) in [4.78, 5) is 27.7. The molecule has 0 saturated carbocycles. The predicted octanol–water partition coefficient (Wildman–Crippen LogP) is 1.62. The van der Waals surface area contributed by atoms with Gasteiger partial charge in [0.25, 0.3) is 5.91 Å². The van der Waals surface area contributed by atoms with Gasteiger partial charge >= 0.3 is 0 Å². The number of amides is 2. The molecule has 0 aromatic heterocycles. The number of fused-ring (bicyclic) bond motifs is 3. The van der Waals surface area contributed by atoms with Gasteiger partial charge < -0.3 is 4.90 Å². The number of hydrogen-bond acceptors (Lipinski definition) is 2. The van der Waals surface area contributed by atoms with Crippen molar-refractivity contribution in [2.45, 2.75) is 25.4 Å². The van der Waals surface area contributed by atoms with E-state index in [-0.39, 0.29) is 11.8 Å². The molecule has 1 atom stereocenters. The van der Waals surface area contributed by atoms with Crippen LogP contribution in [0.4, 0.5) is 5.69 Å². The highest BCUT2D eigenvalue weighted by atomic mass is 16.2. The van der Waals surface area contributed by atoms with Crippen molar-refractivity contribution in [2.75, 3.05) is 11.9 Å². The van der Waals surface area contributed by atoms with Gasteiger partial charge in [0.15, 0.2) is 0 Å². The Bertz CT molecular complexity index is 526. The smallest absolute Gasteiger partial charge is 0.257 e. The minimum Gasteiger partial charge on any atom is -0.318 e. The first-order valence-corrected chi connectivity index (χ1v) is 5.76. The van der Waals surface area contributed by atoms with E-state index >= 15 is 0 Å². The van der Waals surface area contributed by atoms with E-state index in [0.717, 1.165) is 5.69 Å². The standard InChI is InChI=1S/C13H14N2O2/c1-13-8-7-11(16)15(13)10-6-4-3-5-9(10)12(17)14(13)2/h3-6H,7-8H2,1-2H3. The van der Waals surface area contributed by atoms with Crippen LogP contribution in [0.1, 0.15) is 30.1 Å². The summed E-state index contributed by atoms with van der Waals surface area (Å²) in [5, 5.41) is 0. The first-order chi connectivity index (χ1) is 8.05. The number of nitrogens with zero attached hydrogens (tertiary/aromatic N) is 2. The Kier molecular flexibility index (Phi) is 1.88. The summed E-state index contributed by atoms with van der Waals surface area (Å²) in [6, 6.07) is 7.32. The summed E-state index contributed by atoms with van der Waals surface area (Å²) >= 11 is 0. The van der Waals surface area contributed by atoms with Gasteiger partial charge in [-0.2, -0.15) is 0 Å². The number of rotatable bonds is 0. The van der Waals surface area contributed by atoms with Crippen LogP contribution in [0.25, 0.3) is 0 Å². The van der Waals surface area contributed by atoms with E-state index in [4.69, 9.17) is 0 Å². The number of carbonyl (C=O) groups is 2. The van der Waals surface area contributed by atoms with Crippen molar-refractivity contribution in [3.05, 3.63) is 29.8 Å². The molecule has 2 aliphatic heterocycles. The molecule has 0 bridgehead atoms. The quantitative estimate of drug-likeness (QED) is 0.679. The van der Waals surface area contributed by atoms with Crippen molar-refractivity contribution >= 4 is 17.5 Å². The van der Waals surface area contributed by atoms with E-state index in [1.54, 1.807) is 22.9 Å². The molecular weight excluding hydrogens is 216 g/mol. The normalized spacial score (nSPS) is 27.2. The molecule has 4 heteroatoms. The zero-order chi connectivity index (χ0) is 12.2. The maximum Gasteiger partial charge on any atom is 0.257 e. The van der Waals surface area contributed by atoms with Crippen molar-refractivity contribution in [1.82, 2.24) is 4.90 Å². The van der Waals surface area contributed by atoms with Gasteiger partial charge in [-0.1, -0.05) is 12.1 Å². The lowest BCUT2D eigenvalue weighted by atomic mass is 9.99. The minimum absolute atomic E-state index is 0.00551. The SMILES string of the molecule is CN1C(=O)c2ccccc2N2C(=O)CCC12C. The second-order valence-corrected chi connectivity index (χ2v) is 4.83. The van der Waals surface area contributed by atoms with Gasteiger partial charge in [-0.05, 0) is 25.5 Å². The molecule has 0 aliphatic carbocycles. The molecule has 0 radical (unpaired) electrons. The summed E-state index contributed by atoms with van der Waals surface area (Å²) in [6.07, 6.45) is 1.20. The lowest BCUT2D eigenvalue weighted by molar-refractivity contribution is -0.117. The monoisotopic (exact) mass is 230 g/mol. The minimum atomic E-state index is -0.498. The van der Waals surface area contributed by atoms with Crippen LogP contribution < -0.4 is 4.90 Å². The molecular formula is C13H14N2O2. The van der Waals surface area contributed by atoms with Gasteiger partial charge in [0.05, 0.1) is 11.3 Å². The molecule has 1 aromatic rings. The average molecular weight is 230 g/mol. The summed E-state index contributed by atoms with van der Waals surface area (Å²) in [5.41, 5.74) is 0.867. The Morgan fingerprint density at radius 3 is 2.71 bits per heavy atom. The fourth-order valence-electron chi connectivity index (χ4n) is 2.80. The molecule has 4 nitrogen and oxygen atoms in total. The zero-order valence-electron chi connectivity index (χ0n) is 9.93. The van der Waals surface area contributed by atoms with E-state index < -0.39 is 5.66 Å². The number of anilines is 1. The maximum atomic E-state index is 12.3. The molecule has 0 spiro atoms. The van der Waals surface area contributed by atoms with Crippen LogP contribution in [0, 0.1) is 0 Å². The van der Waals surface area contributed by atoms with Gasteiger partial charge in [-0.25, -0.2) is 0 Å². The Balaban J connectivity index is 2.27. The summed E-state index contributed by atoms with van der Waals surface area (Å²) < 4.78 is 0. The second-order valence-electron chi connectivity index (χ2n) is 4.83. The van der Waals surface area contributed by atoms with Crippen LogP contribution in [0.3, 0.4) is 0 Å². The molecule has 1 fully saturated rings. The summed E-state index contributed by atoms with van der Waals surface area (Å²) in [7, 11) is 1.77. The average Bonchev–Trinajstić information content (AvgIpc) is 2.64. The molecule has 2 heterocycles. The highest BCUT2D eigenvalue weighted by molar-refractivity contribution is 6.10. The van der Waals surface area contributed by atoms with Crippen LogP contribution in [0.5, 0.6) is 0 Å². The summed E-state index contributed by atoms with van der Waals surface area (Å²) in [6.45, 7) is 1.95. The highest BCUT2D eigenvalue weighted by Gasteiger charge is 2.51. The third kappa shape index (κ3) is 1.12. The predicted molar refractivity (Wildman–Crippen MR) is 63.7 cm³/mol. The third-order valence-corrected chi connectivity index (χ3v) is 3.95. The molecule has 2 aliphatic rings. The Morgan fingerprint density at radius 1 is 1.24 bits per heavy atom. The van der Waals surface area contributed by atoms with Gasteiger partial charge in [-0.15, -0.1) is 0 Å². The maximum absolute atomic E-state index is 12.3. The van der Waals surface area contributed by atoms with Crippen LogP contribution >= 0.6 is 0 Å². The Hall–Kier alpha value is -1.84. The van der Waals surface area contributed by atoms with E-state index in [9.17, 15) is 9.59 Å². The molecule has 1 unspecified atom stereocenters. The third-order valence-electron chi connectivity index (χ3n) is 3.95. The van der Waals surface area contributed by atoms with Crippen LogP contribution in [0.15, 0.2) is 24.3 Å². The molecule has 2 amide bonds. The lowest BCUT2D eigenvalue weighted by Crippen LogP contribution is -2.60. The molecule has 1 saturated heterocycles. The van der Waals surface area contributed by atoms with E-state index in [1.807, 2.05) is 25.1 Å². The number of para-hydroxylation sites is 1. The molecule has 3 rings (SSSR count). The van der Waals surface area contributed by atoms with Crippen LogP contribution in [-0.4, -0.2) is 29.4 Å². The molecule has 88 valence electrons. The number of benzene rings is 1. The van der Waals surface area contributed by atoms with E-state index in [0.29, 0.717) is 18.4 Å². The van der Waals surface area contributed by atoms with Gasteiger partial charge in [0, 0.05) is 13.5 Å². The fraction of sp³-hybridized carbons (Fsp3) is 0.385. The zero-order valence-corrected chi connectivity index (χ0v) is 9.93. The largest absolute Gasteiger partial charge is 0.318 e. The summed E-state index contributed by atoms with van der Waals surface area (Å²) in [5.74, 6) is 0.0911. The highest BCUT2D eigenvalue weighted by Crippen LogP contribution is 2.42. The van der Waals surface area contributed by atoms with Crippen molar-refractivity contribution in [2.24, 2.45) is 0 Å². The molecule has 0 N–H and O–H groups in total. The van der Waals surface area contributed by atoms with E-state index in [2.05, 4.69) is 0 Å². The van der Waals surface area contributed by atoms with E-state index in [1.165, 1.54) is 0 Å². The topological polar surface area (TPSA) is 40.6 Å². The van der Waals surface area contributed by atoms with Crippen LogP contribution in [0.2, 0.25) is 0 Å². The molecule has 17 heavy (non-hydrogen) atoms. The first kappa shape index (κ1) is 10.3. The molecule has 1 aromatic carbocycles. The van der Waals surface area contributed by atoms with Crippen molar-refractivity contribution in [3.63, 3.8) is 0 Å². The Morgan fingerprint density at radius 2 is 1.94 bits per heavy atom. The number of carbonyl (C=O) groups excluding carboxylic acids is 2. The van der Waals surface area contributed by atoms with Gasteiger partial charge in [0.2, 0.25) is 5.91 Å². The van der Waals surface area contributed by atoms with Crippen LogP contribution in [-0.2, 0) is 4.79 Å². The fourth-order valence-corrected chi connectivity index (χ4v) is 2.80. The number of hydrogen-bond donors (Lipinski definition) is 0. The van der Waals surface area contributed by atoms with Gasteiger partial charge in [0.1, 0.15) is 5.66 Å². The van der Waals surface area contributed by atoms with Crippen molar-refractivity contribution in [3.8, 4) is 0 Å². The first-order valence-electron chi connectivity index (χ1n) is 5.76. The van der Waals surface area contributed by atoms with Crippen molar-refractivity contribution < 1.29 is 9.59 Å². The van der Waals surface area contributed by atoms with Gasteiger partial charge in [-0.3, -0.25) is 14.5 Å². The lowest BCUT2D eigenvalue weighted by Gasteiger charge is -2.46. The second kappa shape index (κ2) is 3.09. The Labute approximate surface area is 99.8 Å². The van der Waals surface area contributed by atoms with Crippen molar-refractivity contribution in [1.29, 1.82) is 0 Å².